The van der Waals surface area contributed by atoms with E-state index in [0.29, 0.717) is 22.9 Å². The first-order valence-electron chi connectivity index (χ1n) is 8.72. The van der Waals surface area contributed by atoms with Crippen molar-refractivity contribution >= 4 is 11.8 Å². The van der Waals surface area contributed by atoms with E-state index in [-0.39, 0.29) is 0 Å². The molecule has 28 heavy (non-hydrogen) atoms. The number of aliphatic imine (C=N–C) groups is 1. The molecule has 0 aliphatic heterocycles. The number of aryl methyl sites for hydroxylation is 1. The lowest BCUT2D eigenvalue weighted by Gasteiger charge is -2.13. The molecule has 0 aliphatic rings. The van der Waals surface area contributed by atoms with Gasteiger partial charge in [-0.2, -0.15) is 5.26 Å². The minimum Gasteiger partial charge on any atom is -0.493 e. The van der Waals surface area contributed by atoms with Crippen LogP contribution in [-0.4, -0.2) is 27.0 Å². The van der Waals surface area contributed by atoms with Gasteiger partial charge in [-0.1, -0.05) is 35.9 Å². The van der Waals surface area contributed by atoms with Gasteiger partial charge in [0.1, 0.15) is 0 Å². The molecule has 0 heterocycles. The Morgan fingerprint density at radius 2 is 1.61 bits per heavy atom. The van der Waals surface area contributed by atoms with Gasteiger partial charge in [0, 0.05) is 17.3 Å². The predicted octanol–water partition coefficient (Wildman–Crippen LogP) is 4.95. The van der Waals surface area contributed by atoms with E-state index in [1.165, 1.54) is 11.6 Å². The minimum absolute atomic E-state index is 0.544. The first-order valence-corrected chi connectivity index (χ1v) is 8.72. The molecular weight excluding hydrogens is 352 g/mol. The molecule has 0 saturated heterocycles. The zero-order valence-corrected chi connectivity index (χ0v) is 16.8. The molecular formula is C23H24N2O3. The summed E-state index contributed by atoms with van der Waals surface area (Å²) in [6.45, 7) is 3.83. The van der Waals surface area contributed by atoms with Gasteiger partial charge in [0.05, 0.1) is 33.1 Å². The minimum atomic E-state index is 0.544. The van der Waals surface area contributed by atoms with Crippen LogP contribution < -0.4 is 14.2 Å². The Morgan fingerprint density at radius 1 is 1.00 bits per heavy atom. The van der Waals surface area contributed by atoms with Crippen LogP contribution in [0.2, 0.25) is 0 Å². The molecule has 5 heteroatoms. The normalized spacial score (nSPS) is 12.0. The predicted molar refractivity (Wildman–Crippen MR) is 112 cm³/mol. The monoisotopic (exact) mass is 376 g/mol. The van der Waals surface area contributed by atoms with Crippen molar-refractivity contribution in [3.63, 3.8) is 0 Å². The topological polar surface area (TPSA) is 63.8 Å². The highest BCUT2D eigenvalue weighted by Crippen LogP contribution is 2.38. The summed E-state index contributed by atoms with van der Waals surface area (Å²) in [7, 11) is 4.74. The Morgan fingerprint density at radius 3 is 2.11 bits per heavy atom. The van der Waals surface area contributed by atoms with Gasteiger partial charge >= 0.3 is 0 Å². The number of hydrogen-bond acceptors (Lipinski definition) is 5. The molecule has 2 aromatic rings. The van der Waals surface area contributed by atoms with Crippen LogP contribution in [0.1, 0.15) is 23.6 Å². The molecule has 0 atom stereocenters. The van der Waals surface area contributed by atoms with Gasteiger partial charge in [0.2, 0.25) is 5.75 Å². The van der Waals surface area contributed by atoms with E-state index in [1.54, 1.807) is 28.3 Å². The molecule has 0 aliphatic carbocycles. The van der Waals surface area contributed by atoms with Gasteiger partial charge in [-0.25, -0.2) is 0 Å². The van der Waals surface area contributed by atoms with Gasteiger partial charge in [0.15, 0.2) is 11.5 Å². The zero-order valence-electron chi connectivity index (χ0n) is 16.8. The van der Waals surface area contributed by atoms with Crippen LogP contribution >= 0.6 is 0 Å². The summed E-state index contributed by atoms with van der Waals surface area (Å²) < 4.78 is 16.2. The Balaban J connectivity index is 2.49. The van der Waals surface area contributed by atoms with Crippen molar-refractivity contribution in [3.8, 4) is 23.3 Å². The molecule has 0 radical (unpaired) electrons. The Kier molecular flexibility index (Phi) is 7.41. The molecule has 144 valence electrons. The van der Waals surface area contributed by atoms with E-state index in [0.717, 1.165) is 16.8 Å². The summed E-state index contributed by atoms with van der Waals surface area (Å²) in [5.74, 6) is 1.70. The third-order valence-corrected chi connectivity index (χ3v) is 4.04. The summed E-state index contributed by atoms with van der Waals surface area (Å²) in [5.41, 5.74) is 4.38. The molecule has 0 aromatic heterocycles. The molecule has 0 spiro atoms. The van der Waals surface area contributed by atoms with Gasteiger partial charge in [0.25, 0.3) is 0 Å². The molecule has 0 fully saturated rings. The molecule has 0 unspecified atom stereocenters. The van der Waals surface area contributed by atoms with E-state index in [4.69, 9.17) is 19.5 Å². The number of methoxy groups -OCH3 is 3. The first kappa shape index (κ1) is 20.8. The molecule has 2 rings (SSSR count). The second-order valence-corrected chi connectivity index (χ2v) is 6.07. The Hall–Kier alpha value is -3.52. The standard InChI is InChI=1S/C23H24N2O3/c1-16-6-9-19(10-7-16)20(25-17(2)12-13-24)11-8-18-14-21(26-3)23(28-5)22(15-18)27-4/h6-12,14-15H,1-5H3. The van der Waals surface area contributed by atoms with E-state index >= 15 is 0 Å². The number of benzene rings is 2. The van der Waals surface area contributed by atoms with Crippen LogP contribution in [0.3, 0.4) is 0 Å². The molecule has 2 aromatic carbocycles. The summed E-state index contributed by atoms with van der Waals surface area (Å²) in [4.78, 5) is 4.58. The maximum atomic E-state index is 8.88. The van der Waals surface area contributed by atoms with Crippen molar-refractivity contribution in [2.45, 2.75) is 13.8 Å². The van der Waals surface area contributed by atoms with Crippen molar-refractivity contribution in [2.75, 3.05) is 21.3 Å². The molecule has 0 N–H and O–H groups in total. The molecule has 5 nitrogen and oxygen atoms in total. The SMILES string of the molecule is COc1cc(C=CC(=NC(C)=CC#N)c2ccc(C)cc2)cc(OC)c1OC. The fourth-order valence-electron chi connectivity index (χ4n) is 2.61. The lowest BCUT2D eigenvalue weighted by molar-refractivity contribution is 0.324. The molecule has 0 amide bonds. The van der Waals surface area contributed by atoms with Crippen molar-refractivity contribution in [1.82, 2.24) is 0 Å². The lowest BCUT2D eigenvalue weighted by atomic mass is 10.1. The van der Waals surface area contributed by atoms with E-state index in [2.05, 4.69) is 4.99 Å². The average Bonchev–Trinajstić information content (AvgIpc) is 2.71. The van der Waals surface area contributed by atoms with Crippen molar-refractivity contribution in [3.05, 3.63) is 70.9 Å². The van der Waals surface area contributed by atoms with Crippen LogP contribution in [0.15, 0.2) is 59.2 Å². The van der Waals surface area contributed by atoms with Crippen LogP contribution in [0.5, 0.6) is 17.2 Å². The van der Waals surface area contributed by atoms with Crippen LogP contribution in [-0.2, 0) is 0 Å². The number of ether oxygens (including phenoxy) is 3. The van der Waals surface area contributed by atoms with Crippen LogP contribution in [0, 0.1) is 18.3 Å². The highest BCUT2D eigenvalue weighted by molar-refractivity contribution is 6.11. The second kappa shape index (κ2) is 9.98. The molecule has 0 saturated carbocycles. The fourth-order valence-corrected chi connectivity index (χ4v) is 2.61. The first-order chi connectivity index (χ1) is 13.5. The quantitative estimate of drug-likeness (QED) is 0.507. The van der Waals surface area contributed by atoms with Crippen LogP contribution in [0.25, 0.3) is 6.08 Å². The van der Waals surface area contributed by atoms with E-state index < -0.39 is 0 Å². The number of hydrogen-bond donors (Lipinski definition) is 0. The maximum absolute atomic E-state index is 8.88. The number of rotatable bonds is 7. The largest absolute Gasteiger partial charge is 0.493 e. The summed E-state index contributed by atoms with van der Waals surface area (Å²) >= 11 is 0. The maximum Gasteiger partial charge on any atom is 0.203 e. The van der Waals surface area contributed by atoms with Crippen molar-refractivity contribution in [1.29, 1.82) is 5.26 Å². The highest BCUT2D eigenvalue weighted by Gasteiger charge is 2.12. The van der Waals surface area contributed by atoms with Crippen molar-refractivity contribution in [2.24, 2.45) is 4.99 Å². The Bertz CT molecular complexity index is 924. The average molecular weight is 376 g/mol. The van der Waals surface area contributed by atoms with E-state index in [9.17, 15) is 0 Å². The van der Waals surface area contributed by atoms with Gasteiger partial charge < -0.3 is 14.2 Å². The second-order valence-electron chi connectivity index (χ2n) is 6.07. The lowest BCUT2D eigenvalue weighted by Crippen LogP contribution is -1.98. The number of nitriles is 1. The van der Waals surface area contributed by atoms with Crippen molar-refractivity contribution < 1.29 is 14.2 Å². The molecule has 0 bridgehead atoms. The van der Waals surface area contributed by atoms with E-state index in [1.807, 2.05) is 61.5 Å². The number of allylic oxidation sites excluding steroid dienone is 3. The van der Waals surface area contributed by atoms with Gasteiger partial charge in [-0.15, -0.1) is 0 Å². The summed E-state index contributed by atoms with van der Waals surface area (Å²) in [6.07, 6.45) is 5.24. The Labute approximate surface area is 166 Å². The smallest absolute Gasteiger partial charge is 0.203 e. The summed E-state index contributed by atoms with van der Waals surface area (Å²) in [5, 5.41) is 8.88. The summed E-state index contributed by atoms with van der Waals surface area (Å²) in [6, 6.07) is 13.8. The van der Waals surface area contributed by atoms with Crippen LogP contribution in [0.4, 0.5) is 0 Å². The third-order valence-electron chi connectivity index (χ3n) is 4.04. The van der Waals surface area contributed by atoms with Gasteiger partial charge in [-0.3, -0.25) is 4.99 Å². The number of nitrogens with zero attached hydrogens (tertiary/aromatic N) is 2. The zero-order chi connectivity index (χ0) is 20.5. The van der Waals surface area contributed by atoms with Gasteiger partial charge in [-0.05, 0) is 37.6 Å². The third kappa shape index (κ3) is 5.24. The fraction of sp³-hybridized carbons (Fsp3) is 0.217. The highest BCUT2D eigenvalue weighted by atomic mass is 16.5.